The number of phenolic OH excluding ortho intramolecular Hbond substituents is 1. The zero-order valence-corrected chi connectivity index (χ0v) is 7.44. The number of phenols is 1. The molecule has 0 aromatic heterocycles. The van der Waals surface area contributed by atoms with Crippen molar-refractivity contribution in [1.82, 2.24) is 0 Å². The number of halogens is 1. The second-order valence-electron chi connectivity index (χ2n) is 2.88. The van der Waals surface area contributed by atoms with E-state index in [1.54, 1.807) is 0 Å². The lowest BCUT2D eigenvalue weighted by Gasteiger charge is -2.10. The molecule has 0 radical (unpaired) electrons. The third kappa shape index (κ3) is 2.86. The summed E-state index contributed by atoms with van der Waals surface area (Å²) in [5, 5.41) is 29.0. The average molecular weight is 201 g/mol. The molecule has 1 aromatic carbocycles. The minimum atomic E-state index is -0.928. The minimum Gasteiger partial charge on any atom is -0.508 e. The van der Waals surface area contributed by atoms with E-state index < -0.39 is 11.9 Å². The van der Waals surface area contributed by atoms with Gasteiger partial charge in [0.15, 0.2) is 0 Å². The molecule has 0 aliphatic rings. The predicted octanol–water partition coefficient (Wildman–Crippen LogP) is 0.296. The van der Waals surface area contributed by atoms with Crippen LogP contribution >= 0.6 is 0 Å². The van der Waals surface area contributed by atoms with Crippen molar-refractivity contribution in [2.24, 2.45) is 0 Å². The molecule has 0 bridgehead atoms. The van der Waals surface area contributed by atoms with Crippen LogP contribution in [0.1, 0.15) is 0 Å². The van der Waals surface area contributed by atoms with E-state index in [2.05, 4.69) is 5.32 Å². The SMILES string of the molecule is OCC(O)CNc1ccc(O)cc1F. The lowest BCUT2D eigenvalue weighted by atomic mass is 10.2. The van der Waals surface area contributed by atoms with Gasteiger partial charge in [-0.15, -0.1) is 0 Å². The zero-order chi connectivity index (χ0) is 10.6. The van der Waals surface area contributed by atoms with Crippen LogP contribution in [0.3, 0.4) is 0 Å². The fraction of sp³-hybridized carbons (Fsp3) is 0.333. The van der Waals surface area contributed by atoms with Crippen LogP contribution in [0.25, 0.3) is 0 Å². The van der Waals surface area contributed by atoms with Gasteiger partial charge in [-0.1, -0.05) is 0 Å². The maximum absolute atomic E-state index is 13.0. The fourth-order valence-corrected chi connectivity index (χ4v) is 0.940. The third-order valence-corrected chi connectivity index (χ3v) is 1.69. The van der Waals surface area contributed by atoms with Crippen LogP contribution in [0.4, 0.5) is 10.1 Å². The summed E-state index contributed by atoms with van der Waals surface area (Å²) in [6.45, 7) is -0.328. The van der Waals surface area contributed by atoms with Crippen molar-refractivity contribution in [3.05, 3.63) is 24.0 Å². The van der Waals surface area contributed by atoms with Crippen molar-refractivity contribution in [1.29, 1.82) is 0 Å². The molecule has 4 N–H and O–H groups in total. The number of hydrogen-bond donors (Lipinski definition) is 4. The monoisotopic (exact) mass is 201 g/mol. The predicted molar refractivity (Wildman–Crippen MR) is 49.6 cm³/mol. The Morgan fingerprint density at radius 3 is 2.71 bits per heavy atom. The second kappa shape index (κ2) is 4.78. The van der Waals surface area contributed by atoms with Crippen molar-refractivity contribution in [3.63, 3.8) is 0 Å². The first-order chi connectivity index (χ1) is 6.63. The molecule has 1 aromatic rings. The average Bonchev–Trinajstić information content (AvgIpc) is 2.16. The van der Waals surface area contributed by atoms with E-state index in [1.165, 1.54) is 12.1 Å². The van der Waals surface area contributed by atoms with Crippen LogP contribution in [0.5, 0.6) is 5.75 Å². The molecule has 14 heavy (non-hydrogen) atoms. The molecule has 0 amide bonds. The normalized spacial score (nSPS) is 12.5. The topological polar surface area (TPSA) is 72.7 Å². The van der Waals surface area contributed by atoms with E-state index in [1.807, 2.05) is 0 Å². The summed E-state index contributed by atoms with van der Waals surface area (Å²) in [4.78, 5) is 0. The number of rotatable bonds is 4. The minimum absolute atomic E-state index is 0.0538. The number of hydrogen-bond acceptors (Lipinski definition) is 4. The van der Waals surface area contributed by atoms with Gasteiger partial charge in [-0.2, -0.15) is 0 Å². The molecule has 5 heteroatoms. The standard InChI is InChI=1S/C9H12FNO3/c10-8-3-6(13)1-2-9(8)11-4-7(14)5-12/h1-3,7,11-14H,4-5H2. The van der Waals surface area contributed by atoms with Gasteiger partial charge in [0, 0.05) is 12.6 Å². The summed E-state index contributed by atoms with van der Waals surface area (Å²) in [5.74, 6) is -0.758. The Labute approximate surface area is 80.6 Å². The van der Waals surface area contributed by atoms with Gasteiger partial charge < -0.3 is 20.6 Å². The third-order valence-electron chi connectivity index (χ3n) is 1.69. The molecule has 1 rings (SSSR count). The first-order valence-electron chi connectivity index (χ1n) is 4.15. The van der Waals surface area contributed by atoms with E-state index in [9.17, 15) is 4.39 Å². The van der Waals surface area contributed by atoms with Crippen molar-refractivity contribution in [2.45, 2.75) is 6.10 Å². The lowest BCUT2D eigenvalue weighted by molar-refractivity contribution is 0.105. The van der Waals surface area contributed by atoms with E-state index in [0.29, 0.717) is 0 Å². The number of aliphatic hydroxyl groups excluding tert-OH is 2. The quantitative estimate of drug-likeness (QED) is 0.528. The summed E-state index contributed by atoms with van der Waals surface area (Å²) in [6, 6.07) is 3.65. The summed E-state index contributed by atoms with van der Waals surface area (Å²) >= 11 is 0. The van der Waals surface area contributed by atoms with E-state index >= 15 is 0 Å². The summed E-state index contributed by atoms with van der Waals surface area (Å²) < 4.78 is 13.0. The van der Waals surface area contributed by atoms with Gasteiger partial charge in [0.05, 0.1) is 18.4 Å². The van der Waals surface area contributed by atoms with E-state index in [4.69, 9.17) is 15.3 Å². The van der Waals surface area contributed by atoms with Gasteiger partial charge in [-0.25, -0.2) is 4.39 Å². The van der Waals surface area contributed by atoms with Gasteiger partial charge >= 0.3 is 0 Å². The van der Waals surface area contributed by atoms with Crippen LogP contribution in [-0.4, -0.2) is 34.6 Å². The Hall–Kier alpha value is -1.33. The second-order valence-corrected chi connectivity index (χ2v) is 2.88. The van der Waals surface area contributed by atoms with Crippen molar-refractivity contribution in [3.8, 4) is 5.75 Å². The summed E-state index contributed by atoms with van der Waals surface area (Å²) in [5.41, 5.74) is 0.176. The molecule has 4 nitrogen and oxygen atoms in total. The first kappa shape index (κ1) is 10.7. The molecule has 0 spiro atoms. The van der Waals surface area contributed by atoms with E-state index in [-0.39, 0.29) is 24.6 Å². The molecule has 0 heterocycles. The summed E-state index contributed by atoms with van der Waals surface area (Å²) in [6.07, 6.45) is -0.928. The van der Waals surface area contributed by atoms with Crippen molar-refractivity contribution >= 4 is 5.69 Å². The van der Waals surface area contributed by atoms with Crippen LogP contribution in [0, 0.1) is 5.82 Å². The smallest absolute Gasteiger partial charge is 0.149 e. The molecular weight excluding hydrogens is 189 g/mol. The molecule has 0 aliphatic carbocycles. The Morgan fingerprint density at radius 1 is 1.43 bits per heavy atom. The lowest BCUT2D eigenvalue weighted by Crippen LogP contribution is -2.23. The van der Waals surface area contributed by atoms with Gasteiger partial charge in [0.1, 0.15) is 11.6 Å². The van der Waals surface area contributed by atoms with Gasteiger partial charge in [0.25, 0.3) is 0 Å². The van der Waals surface area contributed by atoms with Crippen LogP contribution in [-0.2, 0) is 0 Å². The molecule has 0 aliphatic heterocycles. The Bertz CT molecular complexity index is 306. The molecule has 0 saturated carbocycles. The molecule has 1 atom stereocenters. The Balaban J connectivity index is 2.59. The van der Waals surface area contributed by atoms with Crippen LogP contribution in [0.2, 0.25) is 0 Å². The van der Waals surface area contributed by atoms with Crippen molar-refractivity contribution < 1.29 is 19.7 Å². The molecule has 0 fully saturated rings. The largest absolute Gasteiger partial charge is 0.508 e. The van der Waals surface area contributed by atoms with E-state index in [0.717, 1.165) is 6.07 Å². The van der Waals surface area contributed by atoms with Crippen LogP contribution in [0.15, 0.2) is 18.2 Å². The number of aromatic hydroxyl groups is 1. The molecule has 78 valence electrons. The van der Waals surface area contributed by atoms with Gasteiger partial charge in [-0.05, 0) is 12.1 Å². The van der Waals surface area contributed by atoms with Crippen LogP contribution < -0.4 is 5.32 Å². The maximum atomic E-state index is 13.0. The number of nitrogens with one attached hydrogen (secondary N) is 1. The molecule has 0 saturated heterocycles. The summed E-state index contributed by atoms with van der Waals surface area (Å²) in [7, 11) is 0. The van der Waals surface area contributed by atoms with Gasteiger partial charge in [-0.3, -0.25) is 0 Å². The number of benzene rings is 1. The molecule has 1 unspecified atom stereocenters. The first-order valence-corrected chi connectivity index (χ1v) is 4.15. The Kier molecular flexibility index (Phi) is 3.67. The van der Waals surface area contributed by atoms with Crippen molar-refractivity contribution in [2.75, 3.05) is 18.5 Å². The zero-order valence-electron chi connectivity index (χ0n) is 7.44. The molecular formula is C9H12FNO3. The highest BCUT2D eigenvalue weighted by Crippen LogP contribution is 2.18. The fourth-order valence-electron chi connectivity index (χ4n) is 0.940. The number of aliphatic hydroxyl groups is 2. The maximum Gasteiger partial charge on any atom is 0.149 e. The highest BCUT2D eigenvalue weighted by molar-refractivity contribution is 5.47. The highest BCUT2D eigenvalue weighted by atomic mass is 19.1. The number of anilines is 1. The van der Waals surface area contributed by atoms with Gasteiger partial charge in [0.2, 0.25) is 0 Å². The Morgan fingerprint density at radius 2 is 2.14 bits per heavy atom. The highest BCUT2D eigenvalue weighted by Gasteiger charge is 2.05.